The SMILES string of the molecule is CCCCNC(=O)[C@H](CC)N(Cc1ccccc1C)C(=O)COc1ccccc1Cl. The van der Waals surface area contributed by atoms with Crippen LogP contribution in [0, 0.1) is 6.92 Å². The van der Waals surface area contributed by atoms with Crippen molar-refractivity contribution in [3.8, 4) is 5.75 Å². The summed E-state index contributed by atoms with van der Waals surface area (Å²) in [6.45, 7) is 6.75. The second-order valence-corrected chi connectivity index (χ2v) is 7.64. The van der Waals surface area contributed by atoms with Crippen LogP contribution in [0.1, 0.15) is 44.2 Å². The quantitative estimate of drug-likeness (QED) is 0.523. The number of nitrogens with one attached hydrogen (secondary N) is 1. The van der Waals surface area contributed by atoms with Crippen molar-refractivity contribution in [3.05, 3.63) is 64.7 Å². The molecule has 162 valence electrons. The minimum absolute atomic E-state index is 0.134. The van der Waals surface area contributed by atoms with Crippen LogP contribution in [0.5, 0.6) is 5.75 Å². The van der Waals surface area contributed by atoms with Crippen molar-refractivity contribution in [2.75, 3.05) is 13.2 Å². The van der Waals surface area contributed by atoms with E-state index < -0.39 is 6.04 Å². The van der Waals surface area contributed by atoms with E-state index in [0.717, 1.165) is 24.0 Å². The maximum atomic E-state index is 13.2. The van der Waals surface area contributed by atoms with Crippen molar-refractivity contribution >= 4 is 23.4 Å². The molecule has 0 saturated carbocycles. The third kappa shape index (κ3) is 6.77. The summed E-state index contributed by atoms with van der Waals surface area (Å²) in [6.07, 6.45) is 2.42. The van der Waals surface area contributed by atoms with Crippen molar-refractivity contribution in [2.45, 2.75) is 52.6 Å². The molecule has 0 aromatic heterocycles. The van der Waals surface area contributed by atoms with Gasteiger partial charge in [-0.3, -0.25) is 9.59 Å². The van der Waals surface area contributed by atoms with Crippen molar-refractivity contribution in [1.29, 1.82) is 0 Å². The zero-order valence-corrected chi connectivity index (χ0v) is 18.7. The highest BCUT2D eigenvalue weighted by Gasteiger charge is 2.29. The minimum atomic E-state index is -0.566. The number of halogens is 1. The number of hydrogen-bond donors (Lipinski definition) is 1. The molecule has 0 aliphatic carbocycles. The van der Waals surface area contributed by atoms with E-state index in [1.165, 1.54) is 0 Å². The van der Waals surface area contributed by atoms with Gasteiger partial charge >= 0.3 is 0 Å². The van der Waals surface area contributed by atoms with E-state index in [-0.39, 0.29) is 18.4 Å². The van der Waals surface area contributed by atoms with Gasteiger partial charge in [-0.25, -0.2) is 0 Å². The summed E-state index contributed by atoms with van der Waals surface area (Å²) in [7, 11) is 0. The first-order valence-electron chi connectivity index (χ1n) is 10.5. The fraction of sp³-hybridized carbons (Fsp3) is 0.417. The van der Waals surface area contributed by atoms with Gasteiger partial charge in [-0.1, -0.05) is 68.3 Å². The van der Waals surface area contributed by atoms with Crippen LogP contribution in [-0.4, -0.2) is 35.9 Å². The number of carbonyl (C=O) groups excluding carboxylic acids is 2. The normalized spacial score (nSPS) is 11.6. The molecule has 1 atom stereocenters. The third-order valence-electron chi connectivity index (χ3n) is 5.01. The third-order valence-corrected chi connectivity index (χ3v) is 5.32. The molecule has 0 fully saturated rings. The van der Waals surface area contributed by atoms with Crippen LogP contribution in [0.2, 0.25) is 5.02 Å². The summed E-state index contributed by atoms with van der Waals surface area (Å²) in [5, 5.41) is 3.40. The summed E-state index contributed by atoms with van der Waals surface area (Å²) in [6, 6.07) is 14.3. The number of amides is 2. The van der Waals surface area contributed by atoms with Gasteiger partial charge in [-0.15, -0.1) is 0 Å². The largest absolute Gasteiger partial charge is 0.482 e. The summed E-state index contributed by atoms with van der Waals surface area (Å²) < 4.78 is 5.67. The average Bonchev–Trinajstić information content (AvgIpc) is 2.74. The fourth-order valence-electron chi connectivity index (χ4n) is 3.18. The molecule has 2 aromatic carbocycles. The van der Waals surface area contributed by atoms with Crippen LogP contribution >= 0.6 is 11.6 Å². The summed E-state index contributed by atoms with van der Waals surface area (Å²) in [5.74, 6) is 0.0603. The molecule has 0 aliphatic rings. The molecule has 0 aliphatic heterocycles. The van der Waals surface area contributed by atoms with Crippen molar-refractivity contribution in [1.82, 2.24) is 10.2 Å². The van der Waals surface area contributed by atoms with Crippen LogP contribution in [0.25, 0.3) is 0 Å². The lowest BCUT2D eigenvalue weighted by Gasteiger charge is -2.31. The lowest BCUT2D eigenvalue weighted by molar-refractivity contribution is -0.143. The Kier molecular flexibility index (Phi) is 9.68. The maximum Gasteiger partial charge on any atom is 0.261 e. The molecule has 0 saturated heterocycles. The Hall–Kier alpha value is -2.53. The van der Waals surface area contributed by atoms with Crippen molar-refractivity contribution in [2.24, 2.45) is 0 Å². The summed E-state index contributed by atoms with van der Waals surface area (Å²) >= 11 is 6.14. The lowest BCUT2D eigenvalue weighted by Crippen LogP contribution is -2.50. The zero-order chi connectivity index (χ0) is 21.9. The second-order valence-electron chi connectivity index (χ2n) is 7.24. The van der Waals surface area contributed by atoms with Gasteiger partial charge in [0.1, 0.15) is 11.8 Å². The highest BCUT2D eigenvalue weighted by atomic mass is 35.5. The van der Waals surface area contributed by atoms with Crippen LogP contribution in [0.4, 0.5) is 0 Å². The molecular formula is C24H31ClN2O3. The number of nitrogens with zero attached hydrogens (tertiary/aromatic N) is 1. The fourth-order valence-corrected chi connectivity index (χ4v) is 3.37. The van der Waals surface area contributed by atoms with Crippen LogP contribution < -0.4 is 10.1 Å². The number of para-hydroxylation sites is 1. The van der Waals surface area contributed by atoms with Crippen LogP contribution in [0.3, 0.4) is 0 Å². The van der Waals surface area contributed by atoms with E-state index in [4.69, 9.17) is 16.3 Å². The van der Waals surface area contributed by atoms with E-state index >= 15 is 0 Å². The molecule has 6 heteroatoms. The molecule has 0 radical (unpaired) electrons. The van der Waals surface area contributed by atoms with Crippen molar-refractivity contribution in [3.63, 3.8) is 0 Å². The first-order valence-corrected chi connectivity index (χ1v) is 10.8. The highest BCUT2D eigenvalue weighted by Crippen LogP contribution is 2.23. The first kappa shape index (κ1) is 23.7. The predicted molar refractivity (Wildman–Crippen MR) is 121 cm³/mol. The first-order chi connectivity index (χ1) is 14.5. The molecule has 0 unspecified atom stereocenters. The van der Waals surface area contributed by atoms with Gasteiger partial charge in [-0.05, 0) is 43.0 Å². The second kappa shape index (κ2) is 12.2. The van der Waals surface area contributed by atoms with Crippen molar-refractivity contribution < 1.29 is 14.3 Å². The van der Waals surface area contributed by atoms with Gasteiger partial charge in [0, 0.05) is 13.1 Å². The van der Waals surface area contributed by atoms with Gasteiger partial charge in [0.25, 0.3) is 5.91 Å². The van der Waals surface area contributed by atoms with E-state index in [0.29, 0.717) is 30.3 Å². The van der Waals surface area contributed by atoms with Crippen LogP contribution in [0.15, 0.2) is 48.5 Å². The monoisotopic (exact) mass is 430 g/mol. The molecule has 0 heterocycles. The molecule has 30 heavy (non-hydrogen) atoms. The molecule has 2 amide bonds. The number of ether oxygens (including phenoxy) is 1. The van der Waals surface area contributed by atoms with E-state index in [1.807, 2.05) is 38.1 Å². The molecule has 2 rings (SSSR count). The van der Waals surface area contributed by atoms with Gasteiger partial charge in [0.2, 0.25) is 5.91 Å². The van der Waals surface area contributed by atoms with Gasteiger partial charge in [0.15, 0.2) is 6.61 Å². The Morgan fingerprint density at radius 1 is 1.10 bits per heavy atom. The number of benzene rings is 2. The Balaban J connectivity index is 2.20. The number of rotatable bonds is 11. The maximum absolute atomic E-state index is 13.2. The van der Waals surface area contributed by atoms with E-state index in [2.05, 4.69) is 12.2 Å². The zero-order valence-electron chi connectivity index (χ0n) is 18.0. The Bertz CT molecular complexity index is 841. The highest BCUT2D eigenvalue weighted by molar-refractivity contribution is 6.32. The van der Waals surface area contributed by atoms with Gasteiger partial charge in [-0.2, -0.15) is 0 Å². The molecule has 5 nitrogen and oxygen atoms in total. The number of aryl methyl sites for hydroxylation is 1. The van der Waals surface area contributed by atoms with Gasteiger partial charge in [0.05, 0.1) is 5.02 Å². The summed E-state index contributed by atoms with van der Waals surface area (Å²) in [5.41, 5.74) is 2.08. The number of hydrogen-bond acceptors (Lipinski definition) is 3. The molecular weight excluding hydrogens is 400 g/mol. The smallest absolute Gasteiger partial charge is 0.261 e. The van der Waals surface area contributed by atoms with E-state index in [1.54, 1.807) is 29.2 Å². The number of carbonyl (C=O) groups is 2. The summed E-state index contributed by atoms with van der Waals surface area (Å²) in [4.78, 5) is 27.6. The Morgan fingerprint density at radius 3 is 2.47 bits per heavy atom. The lowest BCUT2D eigenvalue weighted by atomic mass is 10.1. The van der Waals surface area contributed by atoms with E-state index in [9.17, 15) is 9.59 Å². The topological polar surface area (TPSA) is 58.6 Å². The predicted octanol–water partition coefficient (Wildman–Crippen LogP) is 4.75. The molecule has 1 N–H and O–H groups in total. The minimum Gasteiger partial charge on any atom is -0.482 e. The molecule has 0 spiro atoms. The van der Waals surface area contributed by atoms with Gasteiger partial charge < -0.3 is 15.0 Å². The standard InChI is InChI=1S/C24H31ClN2O3/c1-4-6-15-26-24(29)21(5-2)27(16-19-12-8-7-11-18(19)3)23(28)17-30-22-14-10-9-13-20(22)25/h7-14,21H,4-6,15-17H2,1-3H3,(H,26,29)/t21-/m0/s1. The van der Waals surface area contributed by atoms with Crippen LogP contribution in [-0.2, 0) is 16.1 Å². The average molecular weight is 431 g/mol. The number of unbranched alkanes of at least 4 members (excludes halogenated alkanes) is 1. The molecule has 2 aromatic rings. The Morgan fingerprint density at radius 2 is 1.80 bits per heavy atom. The Labute approximate surface area is 184 Å². The molecule has 0 bridgehead atoms.